The van der Waals surface area contributed by atoms with Gasteiger partial charge in [-0.15, -0.1) is 0 Å². The number of para-hydroxylation sites is 1. The van der Waals surface area contributed by atoms with E-state index in [1.54, 1.807) is 15.9 Å². The molecular weight excluding hydrogens is 446 g/mol. The number of hydrogen-bond acceptors (Lipinski definition) is 5. The molecule has 4 aliphatic rings. The summed E-state index contributed by atoms with van der Waals surface area (Å²) >= 11 is 0. The fraction of sp³-hybridized carbons (Fsp3) is 0.444. The molecule has 4 heterocycles. The molecule has 0 aromatic heterocycles. The number of amides is 3. The Morgan fingerprint density at radius 3 is 2.54 bits per heavy atom. The second-order valence-electron chi connectivity index (χ2n) is 9.70. The molecule has 4 aliphatic heterocycles. The Morgan fingerprint density at radius 1 is 0.971 bits per heavy atom. The number of nitrogens with zero attached hydrogens (tertiary/aromatic N) is 3. The third-order valence-corrected chi connectivity index (χ3v) is 7.63. The summed E-state index contributed by atoms with van der Waals surface area (Å²) in [7, 11) is 0. The highest BCUT2D eigenvalue weighted by Crippen LogP contribution is 2.34. The summed E-state index contributed by atoms with van der Waals surface area (Å²) < 4.78 is 11.6. The van der Waals surface area contributed by atoms with Crippen LogP contribution in [-0.4, -0.2) is 72.2 Å². The summed E-state index contributed by atoms with van der Waals surface area (Å²) in [5.74, 6) is -0.694. The maximum Gasteiger partial charge on any atom is 0.256 e. The summed E-state index contributed by atoms with van der Waals surface area (Å²) in [5.41, 5.74) is 2.64. The van der Waals surface area contributed by atoms with Gasteiger partial charge in [0, 0.05) is 38.0 Å². The quantitative estimate of drug-likeness (QED) is 0.682. The second kappa shape index (κ2) is 8.77. The molecule has 2 aromatic rings. The van der Waals surface area contributed by atoms with Gasteiger partial charge in [-0.1, -0.05) is 24.3 Å². The van der Waals surface area contributed by atoms with Crippen molar-refractivity contribution in [2.75, 3.05) is 37.7 Å². The highest BCUT2D eigenvalue weighted by Gasteiger charge is 2.42. The fourth-order valence-electron chi connectivity index (χ4n) is 5.78. The van der Waals surface area contributed by atoms with E-state index in [1.165, 1.54) is 0 Å². The third-order valence-electron chi connectivity index (χ3n) is 7.63. The maximum absolute atomic E-state index is 13.6. The smallest absolute Gasteiger partial charge is 0.256 e. The van der Waals surface area contributed by atoms with E-state index in [-0.39, 0.29) is 17.7 Å². The average Bonchev–Trinajstić information content (AvgIpc) is 3.55. The molecule has 1 spiro atoms. The number of anilines is 1. The Hall–Kier alpha value is -3.23. The molecule has 0 N–H and O–H groups in total. The van der Waals surface area contributed by atoms with Crippen LogP contribution in [0.15, 0.2) is 48.5 Å². The number of carbonyl (C=O) groups excluding carboxylic acids is 3. The van der Waals surface area contributed by atoms with Gasteiger partial charge in [0.15, 0.2) is 5.79 Å². The molecule has 182 valence electrons. The van der Waals surface area contributed by atoms with Crippen molar-refractivity contribution in [3.8, 4) is 0 Å². The molecule has 3 amide bonds. The molecule has 8 heteroatoms. The number of likely N-dealkylation sites (tertiary alicyclic amines) is 1. The molecule has 0 saturated carbocycles. The summed E-state index contributed by atoms with van der Waals surface area (Å²) in [5, 5.41) is 0. The van der Waals surface area contributed by atoms with E-state index in [9.17, 15) is 14.4 Å². The van der Waals surface area contributed by atoms with Gasteiger partial charge < -0.3 is 24.2 Å². The van der Waals surface area contributed by atoms with Gasteiger partial charge in [-0.3, -0.25) is 14.4 Å². The first-order valence-electron chi connectivity index (χ1n) is 12.4. The van der Waals surface area contributed by atoms with Crippen molar-refractivity contribution in [2.24, 2.45) is 0 Å². The van der Waals surface area contributed by atoms with Crippen molar-refractivity contribution >= 4 is 23.4 Å². The van der Waals surface area contributed by atoms with E-state index < -0.39 is 11.8 Å². The first-order chi connectivity index (χ1) is 17.0. The predicted octanol–water partition coefficient (Wildman–Crippen LogP) is 2.82. The second-order valence-corrected chi connectivity index (χ2v) is 9.70. The van der Waals surface area contributed by atoms with Crippen molar-refractivity contribution in [1.82, 2.24) is 9.80 Å². The van der Waals surface area contributed by atoms with Crippen LogP contribution in [0.2, 0.25) is 0 Å². The summed E-state index contributed by atoms with van der Waals surface area (Å²) in [6.45, 7) is 3.30. The Labute approximate surface area is 204 Å². The van der Waals surface area contributed by atoms with Crippen LogP contribution in [0, 0.1) is 0 Å². The van der Waals surface area contributed by atoms with E-state index in [0.717, 1.165) is 12.0 Å². The molecule has 6 rings (SSSR count). The SMILES string of the molecule is O=C(c1cccc(CN2C(=O)[C@H]3CCCN3C(=O)c3ccccc32)c1)N1CCC2(CC1)OCCO2. The van der Waals surface area contributed by atoms with Crippen molar-refractivity contribution in [1.29, 1.82) is 0 Å². The lowest BCUT2D eigenvalue weighted by Crippen LogP contribution is -2.47. The van der Waals surface area contributed by atoms with Crippen molar-refractivity contribution in [3.63, 3.8) is 0 Å². The molecule has 1 atom stereocenters. The predicted molar refractivity (Wildman–Crippen MR) is 128 cm³/mol. The van der Waals surface area contributed by atoms with Crippen LogP contribution in [0.25, 0.3) is 0 Å². The van der Waals surface area contributed by atoms with Gasteiger partial charge in [0.1, 0.15) is 6.04 Å². The first kappa shape index (κ1) is 22.2. The highest BCUT2D eigenvalue weighted by atomic mass is 16.7. The fourth-order valence-corrected chi connectivity index (χ4v) is 5.78. The molecule has 2 aromatic carbocycles. The van der Waals surface area contributed by atoms with Crippen LogP contribution >= 0.6 is 0 Å². The van der Waals surface area contributed by atoms with E-state index in [4.69, 9.17) is 9.47 Å². The number of rotatable bonds is 3. The van der Waals surface area contributed by atoms with Crippen LogP contribution in [0.1, 0.15) is 52.0 Å². The lowest BCUT2D eigenvalue weighted by atomic mass is 10.0. The lowest BCUT2D eigenvalue weighted by molar-refractivity contribution is -0.181. The molecule has 3 saturated heterocycles. The maximum atomic E-state index is 13.6. The number of carbonyl (C=O) groups is 3. The van der Waals surface area contributed by atoms with E-state index in [1.807, 2.05) is 47.4 Å². The van der Waals surface area contributed by atoms with E-state index >= 15 is 0 Å². The standard InChI is InChI=1S/C27H29N3O5/c31-24(28-13-10-27(11-14-28)34-15-16-35-27)20-6-3-5-19(17-20)18-30-22-8-2-1-7-21(22)25(32)29-12-4-9-23(29)26(30)33/h1-3,5-8,17,23H,4,9-16,18H2/t23-/m1/s1. The summed E-state index contributed by atoms with van der Waals surface area (Å²) in [6, 6.07) is 14.3. The largest absolute Gasteiger partial charge is 0.347 e. The molecule has 0 unspecified atom stereocenters. The Balaban J connectivity index is 1.24. The molecule has 0 aliphatic carbocycles. The highest BCUT2D eigenvalue weighted by molar-refractivity contribution is 6.11. The van der Waals surface area contributed by atoms with Gasteiger partial charge >= 0.3 is 0 Å². The van der Waals surface area contributed by atoms with Gasteiger partial charge in [-0.25, -0.2) is 0 Å². The van der Waals surface area contributed by atoms with Crippen LogP contribution in [0.3, 0.4) is 0 Å². The van der Waals surface area contributed by atoms with Gasteiger partial charge in [0.2, 0.25) is 5.91 Å². The van der Waals surface area contributed by atoms with Crippen LogP contribution in [0.5, 0.6) is 0 Å². The molecule has 3 fully saturated rings. The van der Waals surface area contributed by atoms with E-state index in [2.05, 4.69) is 0 Å². The third kappa shape index (κ3) is 3.90. The monoisotopic (exact) mass is 475 g/mol. The summed E-state index contributed by atoms with van der Waals surface area (Å²) in [4.78, 5) is 45.3. The van der Waals surface area contributed by atoms with Crippen LogP contribution in [-0.2, 0) is 20.8 Å². The zero-order valence-electron chi connectivity index (χ0n) is 19.7. The number of hydrogen-bond donors (Lipinski definition) is 0. The van der Waals surface area contributed by atoms with Gasteiger partial charge in [0.05, 0.1) is 31.0 Å². The Morgan fingerprint density at radius 2 is 1.74 bits per heavy atom. The minimum absolute atomic E-state index is 0.0283. The van der Waals surface area contributed by atoms with Gasteiger partial charge in [-0.05, 0) is 42.7 Å². The van der Waals surface area contributed by atoms with Crippen LogP contribution < -0.4 is 4.90 Å². The van der Waals surface area contributed by atoms with E-state index in [0.29, 0.717) is 75.5 Å². The number of fused-ring (bicyclic) bond motifs is 2. The molecule has 0 radical (unpaired) electrons. The first-order valence-corrected chi connectivity index (χ1v) is 12.4. The van der Waals surface area contributed by atoms with Crippen LogP contribution in [0.4, 0.5) is 5.69 Å². The Kier molecular flexibility index (Phi) is 5.57. The van der Waals surface area contributed by atoms with Gasteiger partial charge in [-0.2, -0.15) is 0 Å². The molecular formula is C27H29N3O5. The average molecular weight is 476 g/mol. The zero-order valence-corrected chi connectivity index (χ0v) is 19.7. The lowest BCUT2D eigenvalue weighted by Gasteiger charge is -2.37. The summed E-state index contributed by atoms with van der Waals surface area (Å²) in [6.07, 6.45) is 2.85. The molecule has 0 bridgehead atoms. The number of ether oxygens (including phenoxy) is 2. The van der Waals surface area contributed by atoms with Crippen molar-refractivity contribution in [2.45, 2.75) is 44.1 Å². The van der Waals surface area contributed by atoms with Gasteiger partial charge in [0.25, 0.3) is 11.8 Å². The number of benzene rings is 2. The van der Waals surface area contributed by atoms with Crippen molar-refractivity contribution < 1.29 is 23.9 Å². The minimum atomic E-state index is -0.523. The Bertz CT molecular complexity index is 1160. The molecule has 35 heavy (non-hydrogen) atoms. The zero-order chi connectivity index (χ0) is 24.0. The topological polar surface area (TPSA) is 79.4 Å². The normalized spacial score (nSPS) is 23.4. The minimum Gasteiger partial charge on any atom is -0.347 e. The molecule has 8 nitrogen and oxygen atoms in total. The van der Waals surface area contributed by atoms with Crippen molar-refractivity contribution in [3.05, 3.63) is 65.2 Å². The number of piperidine rings is 1.